The minimum absolute atomic E-state index is 0.0663. The predicted octanol–water partition coefficient (Wildman–Crippen LogP) is 3.43. The van der Waals surface area contributed by atoms with Gasteiger partial charge in [-0.05, 0) is 43.9 Å². The molecular weight excluding hydrogens is 360 g/mol. The van der Waals surface area contributed by atoms with Crippen LogP contribution in [0.15, 0.2) is 24.3 Å². The molecule has 1 spiro atoms. The standard InChI is InChI=1S/C20H26N4O2S/c1-13-7-6-8-14(2)20(13)18(25)24(19(26)22-20)12-23(3)11-17-21-15-9-4-5-10-16(15)27-17/h4-5,9-10,13-14H,6-8,11-12H2,1-3H3,(H,22,26)/t13-,14+,20?. The average molecular weight is 387 g/mol. The lowest BCUT2D eigenvalue weighted by molar-refractivity contribution is -0.137. The summed E-state index contributed by atoms with van der Waals surface area (Å²) in [5, 5.41) is 4.04. The molecule has 1 aromatic heterocycles. The van der Waals surface area contributed by atoms with Crippen LogP contribution in [0.2, 0.25) is 0 Å². The van der Waals surface area contributed by atoms with Crippen LogP contribution >= 0.6 is 11.3 Å². The van der Waals surface area contributed by atoms with E-state index in [4.69, 9.17) is 0 Å². The van der Waals surface area contributed by atoms with Gasteiger partial charge in [0.05, 0.1) is 23.4 Å². The molecule has 6 nitrogen and oxygen atoms in total. The van der Waals surface area contributed by atoms with Crippen LogP contribution in [0, 0.1) is 11.8 Å². The highest BCUT2D eigenvalue weighted by atomic mass is 32.1. The van der Waals surface area contributed by atoms with Crippen molar-refractivity contribution in [1.82, 2.24) is 20.1 Å². The van der Waals surface area contributed by atoms with Gasteiger partial charge in [0, 0.05) is 0 Å². The number of carbonyl (C=O) groups excluding carboxylic acids is 2. The second-order valence-electron chi connectivity index (χ2n) is 8.00. The summed E-state index contributed by atoms with van der Waals surface area (Å²) in [4.78, 5) is 33.9. The summed E-state index contributed by atoms with van der Waals surface area (Å²) in [7, 11) is 1.92. The molecule has 144 valence electrons. The Balaban J connectivity index is 1.48. The third kappa shape index (κ3) is 3.02. The van der Waals surface area contributed by atoms with Crippen molar-refractivity contribution in [3.8, 4) is 0 Å². The molecule has 0 radical (unpaired) electrons. The van der Waals surface area contributed by atoms with Crippen LogP contribution in [-0.2, 0) is 11.3 Å². The lowest BCUT2D eigenvalue weighted by atomic mass is 9.67. The van der Waals surface area contributed by atoms with Gasteiger partial charge in [-0.2, -0.15) is 0 Å². The van der Waals surface area contributed by atoms with Crippen molar-refractivity contribution in [2.45, 2.75) is 45.2 Å². The zero-order valence-corrected chi connectivity index (χ0v) is 16.9. The minimum Gasteiger partial charge on any atom is -0.323 e. The zero-order valence-electron chi connectivity index (χ0n) is 16.1. The van der Waals surface area contributed by atoms with Crippen LogP contribution < -0.4 is 5.32 Å². The van der Waals surface area contributed by atoms with Crippen LogP contribution in [0.5, 0.6) is 0 Å². The lowest BCUT2D eigenvalue weighted by Gasteiger charge is -2.42. The molecule has 2 aromatic rings. The zero-order chi connectivity index (χ0) is 19.2. The van der Waals surface area contributed by atoms with Crippen LogP contribution in [0.25, 0.3) is 10.2 Å². The molecule has 1 aliphatic carbocycles. The van der Waals surface area contributed by atoms with Crippen molar-refractivity contribution < 1.29 is 9.59 Å². The topological polar surface area (TPSA) is 65.5 Å². The fourth-order valence-corrected chi connectivity index (χ4v) is 5.64. The normalized spacial score (nSPS) is 28.5. The molecule has 7 heteroatoms. The van der Waals surface area contributed by atoms with Gasteiger partial charge in [0.25, 0.3) is 5.91 Å². The van der Waals surface area contributed by atoms with E-state index >= 15 is 0 Å². The fraction of sp³-hybridized carbons (Fsp3) is 0.550. The van der Waals surface area contributed by atoms with E-state index < -0.39 is 5.54 Å². The van der Waals surface area contributed by atoms with Gasteiger partial charge >= 0.3 is 6.03 Å². The number of fused-ring (bicyclic) bond motifs is 1. The Hall–Kier alpha value is -1.99. The Morgan fingerprint density at radius 2 is 1.96 bits per heavy atom. The number of imide groups is 1. The first kappa shape index (κ1) is 18.4. The Bertz CT molecular complexity index is 837. The molecule has 3 atom stereocenters. The second-order valence-corrected chi connectivity index (χ2v) is 9.11. The summed E-state index contributed by atoms with van der Waals surface area (Å²) in [6, 6.07) is 7.78. The summed E-state index contributed by atoms with van der Waals surface area (Å²) in [6.45, 7) is 5.06. The van der Waals surface area contributed by atoms with E-state index in [0.29, 0.717) is 6.54 Å². The Morgan fingerprint density at radius 1 is 1.26 bits per heavy atom. The Kier molecular flexibility index (Phi) is 4.68. The number of nitrogens with zero attached hydrogens (tertiary/aromatic N) is 3. The first-order chi connectivity index (χ1) is 12.9. The summed E-state index contributed by atoms with van der Waals surface area (Å²) in [5.41, 5.74) is 0.260. The quantitative estimate of drug-likeness (QED) is 0.818. The molecular formula is C20H26N4O2S. The Labute approximate surface area is 163 Å². The highest BCUT2D eigenvalue weighted by Crippen LogP contribution is 2.42. The molecule has 3 amide bonds. The number of thiazole rings is 1. The predicted molar refractivity (Wildman–Crippen MR) is 106 cm³/mol. The van der Waals surface area contributed by atoms with E-state index in [1.54, 1.807) is 11.3 Å². The molecule has 2 fully saturated rings. The van der Waals surface area contributed by atoms with Crippen LogP contribution in [0.4, 0.5) is 4.79 Å². The lowest BCUT2D eigenvalue weighted by Crippen LogP contribution is -2.59. The maximum absolute atomic E-state index is 13.2. The monoisotopic (exact) mass is 386 g/mol. The first-order valence-corrected chi connectivity index (χ1v) is 10.4. The molecule has 0 bridgehead atoms. The van der Waals surface area contributed by atoms with Gasteiger partial charge in [-0.3, -0.25) is 9.69 Å². The number of aromatic nitrogens is 1. The van der Waals surface area contributed by atoms with Crippen molar-refractivity contribution in [3.05, 3.63) is 29.3 Å². The molecule has 1 N–H and O–H groups in total. The van der Waals surface area contributed by atoms with Gasteiger partial charge in [0.1, 0.15) is 10.5 Å². The molecule has 27 heavy (non-hydrogen) atoms. The maximum atomic E-state index is 13.2. The van der Waals surface area contributed by atoms with Gasteiger partial charge in [-0.15, -0.1) is 11.3 Å². The minimum atomic E-state index is -0.730. The van der Waals surface area contributed by atoms with Crippen molar-refractivity contribution in [2.75, 3.05) is 13.7 Å². The first-order valence-electron chi connectivity index (χ1n) is 9.59. The highest BCUT2D eigenvalue weighted by Gasteiger charge is 2.58. The number of para-hydroxylation sites is 1. The SMILES string of the molecule is C[C@@H]1CCC[C@H](C)C12NC(=O)N(CN(C)Cc1nc3ccccc3s1)C2=O. The number of benzene rings is 1. The van der Waals surface area contributed by atoms with E-state index in [9.17, 15) is 9.59 Å². The smallest absolute Gasteiger partial charge is 0.323 e. The van der Waals surface area contributed by atoms with Gasteiger partial charge in [0.15, 0.2) is 0 Å². The van der Waals surface area contributed by atoms with Crippen LogP contribution in [0.1, 0.15) is 38.1 Å². The van der Waals surface area contributed by atoms with E-state index in [0.717, 1.165) is 34.5 Å². The van der Waals surface area contributed by atoms with Gasteiger partial charge in [0.2, 0.25) is 0 Å². The van der Waals surface area contributed by atoms with Crippen molar-refractivity contribution in [1.29, 1.82) is 0 Å². The molecule has 1 aliphatic heterocycles. The van der Waals surface area contributed by atoms with Crippen molar-refractivity contribution >= 4 is 33.5 Å². The highest BCUT2D eigenvalue weighted by molar-refractivity contribution is 7.18. The van der Waals surface area contributed by atoms with E-state index in [1.165, 1.54) is 4.90 Å². The molecule has 1 unspecified atom stereocenters. The second kappa shape index (κ2) is 6.87. The van der Waals surface area contributed by atoms with Crippen LogP contribution in [0.3, 0.4) is 0 Å². The van der Waals surface area contributed by atoms with Crippen molar-refractivity contribution in [2.24, 2.45) is 11.8 Å². The fourth-order valence-electron chi connectivity index (χ4n) is 4.59. The molecule has 2 heterocycles. The van der Waals surface area contributed by atoms with Gasteiger partial charge in [-0.25, -0.2) is 14.7 Å². The van der Waals surface area contributed by atoms with Gasteiger partial charge in [-0.1, -0.05) is 32.4 Å². The molecule has 1 aromatic carbocycles. The maximum Gasteiger partial charge on any atom is 0.326 e. The van der Waals surface area contributed by atoms with E-state index in [1.807, 2.05) is 30.1 Å². The van der Waals surface area contributed by atoms with Crippen molar-refractivity contribution in [3.63, 3.8) is 0 Å². The third-order valence-corrected chi connectivity index (χ3v) is 7.13. The largest absolute Gasteiger partial charge is 0.326 e. The summed E-state index contributed by atoms with van der Waals surface area (Å²) in [6.07, 6.45) is 3.07. The number of rotatable bonds is 4. The number of nitrogens with one attached hydrogen (secondary N) is 1. The number of urea groups is 1. The average Bonchev–Trinajstić information content (AvgIpc) is 3.14. The molecule has 1 saturated heterocycles. The molecule has 2 aliphatic rings. The summed E-state index contributed by atoms with van der Waals surface area (Å²) in [5.74, 6) is 0.262. The summed E-state index contributed by atoms with van der Waals surface area (Å²) < 4.78 is 1.15. The van der Waals surface area contributed by atoms with Crippen LogP contribution in [-0.4, -0.2) is 46.0 Å². The number of hydrogen-bond acceptors (Lipinski definition) is 5. The molecule has 4 rings (SSSR count). The summed E-state index contributed by atoms with van der Waals surface area (Å²) >= 11 is 1.65. The van der Waals surface area contributed by atoms with Gasteiger partial charge < -0.3 is 5.32 Å². The number of hydrogen-bond donors (Lipinski definition) is 1. The Morgan fingerprint density at radius 3 is 2.67 bits per heavy atom. The third-order valence-electron chi connectivity index (χ3n) is 6.11. The molecule has 1 saturated carbocycles. The van der Waals surface area contributed by atoms with E-state index in [-0.39, 0.29) is 30.4 Å². The van der Waals surface area contributed by atoms with E-state index in [2.05, 4.69) is 30.2 Å². The number of amides is 3. The number of carbonyl (C=O) groups is 2.